The van der Waals surface area contributed by atoms with E-state index in [1.54, 1.807) is 0 Å². The number of hydrogen-bond donors (Lipinski definition) is 3. The number of carboxylic acids is 1. The molecule has 1 aromatic carbocycles. The monoisotopic (exact) mass is 356 g/mol. The molecule has 1 fully saturated rings. The highest BCUT2D eigenvalue weighted by Gasteiger charge is 2.42. The van der Waals surface area contributed by atoms with Crippen molar-refractivity contribution in [2.75, 3.05) is 13.1 Å². The number of carbonyl (C=O) groups is 2. The summed E-state index contributed by atoms with van der Waals surface area (Å²) >= 11 is 1.18. The molecule has 1 heterocycles. The van der Waals surface area contributed by atoms with Gasteiger partial charge in [-0.15, -0.1) is 0 Å². The molecule has 0 spiro atoms. The molecule has 0 radical (unpaired) electrons. The van der Waals surface area contributed by atoms with Gasteiger partial charge in [0.15, 0.2) is 0 Å². The van der Waals surface area contributed by atoms with Crippen molar-refractivity contribution in [3.8, 4) is 0 Å². The zero-order valence-corrected chi connectivity index (χ0v) is 13.9. The quantitative estimate of drug-likeness (QED) is 0.523. The lowest BCUT2D eigenvalue weighted by Gasteiger charge is -2.14. The zero-order valence-electron chi connectivity index (χ0n) is 13.1. The molecular weight excluding hydrogens is 337 g/mol. The second-order valence-electron chi connectivity index (χ2n) is 5.60. The van der Waals surface area contributed by atoms with Crippen molar-refractivity contribution in [1.82, 2.24) is 5.32 Å². The van der Waals surface area contributed by atoms with Crippen LogP contribution in [0.4, 0.5) is 4.39 Å². The van der Waals surface area contributed by atoms with Crippen LogP contribution in [-0.4, -0.2) is 45.5 Å². The summed E-state index contributed by atoms with van der Waals surface area (Å²) in [5, 5.41) is 11.1. The summed E-state index contributed by atoms with van der Waals surface area (Å²) in [7, 11) is 0. The summed E-state index contributed by atoms with van der Waals surface area (Å²) in [4.78, 5) is 34.3. The highest BCUT2D eigenvalue weighted by atomic mass is 32.2. The fourth-order valence-corrected chi connectivity index (χ4v) is 3.66. The van der Waals surface area contributed by atoms with Gasteiger partial charge in [0.05, 0.1) is 15.3 Å². The Morgan fingerprint density at radius 1 is 1.50 bits per heavy atom. The summed E-state index contributed by atoms with van der Waals surface area (Å²) in [5.41, 5.74) is 5.98. The number of nitrogens with zero attached hydrogens (tertiary/aromatic N) is 1. The summed E-state index contributed by atoms with van der Waals surface area (Å²) in [5.74, 6) is -2.59. The van der Waals surface area contributed by atoms with E-state index in [1.807, 2.05) is 6.92 Å². The summed E-state index contributed by atoms with van der Waals surface area (Å²) in [6.45, 7) is 1.92. The number of carbonyl (C=O) groups excluding carboxylic acids is 1. The van der Waals surface area contributed by atoms with E-state index in [2.05, 4.69) is 5.32 Å². The van der Waals surface area contributed by atoms with Crippen molar-refractivity contribution >= 4 is 23.8 Å². The number of rotatable bonds is 6. The van der Waals surface area contributed by atoms with E-state index >= 15 is 0 Å². The molecule has 1 saturated heterocycles. The van der Waals surface area contributed by atoms with E-state index in [1.165, 1.54) is 24.1 Å². The van der Waals surface area contributed by atoms with E-state index in [9.17, 15) is 18.9 Å². The Balaban J connectivity index is 2.17. The minimum atomic E-state index is -1.24. The average molecular weight is 356 g/mol. The molecule has 1 aliphatic rings. The van der Waals surface area contributed by atoms with Gasteiger partial charge in [-0.25, -0.2) is 4.39 Å². The van der Waals surface area contributed by atoms with Crippen LogP contribution in [-0.2, 0) is 4.79 Å². The minimum absolute atomic E-state index is 0.0284. The van der Waals surface area contributed by atoms with Crippen LogP contribution in [0.15, 0.2) is 18.2 Å². The third-order valence-corrected chi connectivity index (χ3v) is 5.18. The van der Waals surface area contributed by atoms with Crippen LogP contribution in [0.3, 0.4) is 0 Å². The maximum absolute atomic E-state index is 13.9. The van der Waals surface area contributed by atoms with E-state index in [0.717, 1.165) is 16.7 Å². The first-order valence-electron chi connectivity index (χ1n) is 7.50. The van der Waals surface area contributed by atoms with Crippen molar-refractivity contribution in [2.24, 2.45) is 5.73 Å². The van der Waals surface area contributed by atoms with Crippen molar-refractivity contribution in [3.63, 3.8) is 0 Å². The fraction of sp³-hybridized carbons (Fsp3) is 0.467. The molecule has 1 aromatic rings. The van der Waals surface area contributed by atoms with Gasteiger partial charge in [-0.05, 0) is 30.2 Å². The fourth-order valence-electron chi connectivity index (χ4n) is 2.57. The summed E-state index contributed by atoms with van der Waals surface area (Å²) in [6, 6.07) is 2.71. The van der Waals surface area contributed by atoms with Crippen molar-refractivity contribution in [2.45, 2.75) is 30.6 Å². The van der Waals surface area contributed by atoms with Gasteiger partial charge >= 0.3 is 5.97 Å². The molecule has 0 aliphatic carbocycles. The molecule has 4 N–H and O–H groups in total. The number of benzene rings is 1. The van der Waals surface area contributed by atoms with Crippen LogP contribution in [0.1, 0.15) is 35.2 Å². The molecule has 7 nitrogen and oxygen atoms in total. The van der Waals surface area contributed by atoms with E-state index in [-0.39, 0.29) is 29.8 Å². The standard InChI is InChI=1S/C15H18FN3O4S/c1-2-13-11(7-19(23)24-13)8-3-9(5-10(16)4-8)14(20)18-6-12(17)15(21)22/h3-5,11-13H,2,6-7,17H2,1H3,(H-,18,20,21,22)/p+1/t11?,12-,13?/m1/s1. The first-order chi connectivity index (χ1) is 11.3. The number of halogens is 1. The SMILES string of the molecule is CCC1S[N+](=O)CC1c1cc(F)cc(C(=O)NC[C@@H](N)C(=O)O)c1. The zero-order chi connectivity index (χ0) is 17.9. The van der Waals surface area contributed by atoms with Gasteiger partial charge in [0, 0.05) is 17.0 Å². The van der Waals surface area contributed by atoms with Gasteiger partial charge < -0.3 is 16.2 Å². The lowest BCUT2D eigenvalue weighted by atomic mass is 9.92. The van der Waals surface area contributed by atoms with Gasteiger partial charge in [-0.2, -0.15) is 0 Å². The Kier molecular flexibility index (Phi) is 5.89. The number of nitrogens with one attached hydrogen (secondary N) is 1. The van der Waals surface area contributed by atoms with Gasteiger partial charge in [-0.1, -0.05) is 6.92 Å². The average Bonchev–Trinajstić information content (AvgIpc) is 2.92. The lowest BCUT2D eigenvalue weighted by molar-refractivity contribution is -0.364. The van der Waals surface area contributed by atoms with Crippen LogP contribution in [0.2, 0.25) is 0 Å². The van der Waals surface area contributed by atoms with E-state index < -0.39 is 23.7 Å². The van der Waals surface area contributed by atoms with Crippen LogP contribution in [0.5, 0.6) is 0 Å². The molecule has 24 heavy (non-hydrogen) atoms. The second-order valence-corrected chi connectivity index (χ2v) is 6.83. The summed E-state index contributed by atoms with van der Waals surface area (Å²) < 4.78 is 14.8. The van der Waals surface area contributed by atoms with Gasteiger partial charge in [-0.3, -0.25) is 9.59 Å². The van der Waals surface area contributed by atoms with Crippen molar-refractivity contribution < 1.29 is 23.3 Å². The molecule has 0 saturated carbocycles. The maximum atomic E-state index is 13.9. The molecular formula is C15H19FN3O4S+. The van der Waals surface area contributed by atoms with Gasteiger partial charge in [0.2, 0.25) is 18.5 Å². The summed E-state index contributed by atoms with van der Waals surface area (Å²) in [6.07, 6.45) is 0.750. The van der Waals surface area contributed by atoms with Gasteiger partial charge in [0.1, 0.15) is 11.9 Å². The molecule has 130 valence electrons. The first-order valence-corrected chi connectivity index (χ1v) is 8.34. The third kappa shape index (κ3) is 4.30. The molecule has 2 unspecified atom stereocenters. The normalized spacial score (nSPS) is 21.5. The molecule has 0 bridgehead atoms. The number of nitrogens with two attached hydrogens (primary N) is 1. The molecule has 1 amide bonds. The highest BCUT2D eigenvalue weighted by molar-refractivity contribution is 7.94. The number of nitroso groups, excluding NO2 is 1. The van der Waals surface area contributed by atoms with Crippen LogP contribution in [0.25, 0.3) is 0 Å². The van der Waals surface area contributed by atoms with Gasteiger partial charge in [0.25, 0.3) is 5.91 Å². The number of amides is 1. The topological polar surface area (TPSA) is 113 Å². The van der Waals surface area contributed by atoms with Crippen LogP contribution < -0.4 is 11.1 Å². The predicted octanol–water partition coefficient (Wildman–Crippen LogP) is 1.27. The van der Waals surface area contributed by atoms with Crippen molar-refractivity contribution in [1.29, 1.82) is 0 Å². The highest BCUT2D eigenvalue weighted by Crippen LogP contribution is 2.38. The maximum Gasteiger partial charge on any atom is 0.322 e. The Morgan fingerprint density at radius 3 is 2.83 bits per heavy atom. The predicted molar refractivity (Wildman–Crippen MR) is 87.2 cm³/mol. The molecule has 0 aromatic heterocycles. The van der Waals surface area contributed by atoms with E-state index in [4.69, 9.17) is 10.8 Å². The second kappa shape index (κ2) is 7.71. The minimum Gasteiger partial charge on any atom is -0.480 e. The molecule has 9 heteroatoms. The van der Waals surface area contributed by atoms with Crippen molar-refractivity contribution in [3.05, 3.63) is 40.1 Å². The Hall–Kier alpha value is -2.00. The first kappa shape index (κ1) is 18.3. The number of aliphatic carboxylic acids is 1. The Bertz CT molecular complexity index is 670. The number of hydrogen-bond acceptors (Lipinski definition) is 5. The smallest absolute Gasteiger partial charge is 0.322 e. The van der Waals surface area contributed by atoms with Crippen LogP contribution >= 0.6 is 11.9 Å². The van der Waals surface area contributed by atoms with Crippen LogP contribution in [0, 0.1) is 10.7 Å². The molecule has 2 rings (SSSR count). The largest absolute Gasteiger partial charge is 0.480 e. The molecule has 1 aliphatic heterocycles. The third-order valence-electron chi connectivity index (χ3n) is 3.86. The number of carboxylic acid groups (broad SMARTS) is 1. The molecule has 3 atom stereocenters. The Morgan fingerprint density at radius 2 is 2.21 bits per heavy atom. The Labute approximate surface area is 142 Å². The lowest BCUT2D eigenvalue weighted by Crippen LogP contribution is -2.42. The van der Waals surface area contributed by atoms with E-state index in [0.29, 0.717) is 5.56 Å².